The molecule has 3 nitrogen and oxygen atoms in total. The van der Waals surface area contributed by atoms with Crippen LogP contribution >= 0.6 is 23.2 Å². The van der Waals surface area contributed by atoms with Crippen molar-refractivity contribution in [2.75, 3.05) is 13.1 Å². The molecule has 1 N–H and O–H groups in total. The summed E-state index contributed by atoms with van der Waals surface area (Å²) in [6.45, 7) is 2.16. The number of halogens is 2. The second kappa shape index (κ2) is 6.91. The summed E-state index contributed by atoms with van der Waals surface area (Å²) in [5.41, 5.74) is 2.57. The van der Waals surface area contributed by atoms with E-state index >= 15 is 0 Å². The quantitative estimate of drug-likeness (QED) is 0.775. The number of nitrogens with zero attached hydrogens (tertiary/aromatic N) is 1. The Balaban J connectivity index is 1.73. The van der Waals surface area contributed by atoms with E-state index in [2.05, 4.69) is 22.6 Å². The van der Waals surface area contributed by atoms with Crippen LogP contribution in [0.15, 0.2) is 28.8 Å². The molecule has 1 saturated carbocycles. The molecule has 0 unspecified atom stereocenters. The molecule has 1 aromatic heterocycles. The van der Waals surface area contributed by atoms with E-state index in [0.29, 0.717) is 21.9 Å². The van der Waals surface area contributed by atoms with Crippen molar-refractivity contribution in [3.63, 3.8) is 0 Å². The molecule has 4 rings (SSSR count). The van der Waals surface area contributed by atoms with E-state index in [1.165, 1.54) is 25.7 Å². The van der Waals surface area contributed by atoms with Crippen LogP contribution in [0.1, 0.15) is 42.9 Å². The fraction of sp³-hybridized carbons (Fsp3) is 0.421. The number of benzene rings is 1. The molecule has 1 aliphatic heterocycles. The van der Waals surface area contributed by atoms with Crippen LogP contribution in [0.4, 0.5) is 0 Å². The molecule has 0 amide bonds. The first-order valence-electron chi connectivity index (χ1n) is 8.57. The second-order valence-corrected chi connectivity index (χ2v) is 7.44. The number of piperidine rings is 1. The van der Waals surface area contributed by atoms with Gasteiger partial charge >= 0.3 is 0 Å². The summed E-state index contributed by atoms with van der Waals surface area (Å²) in [5, 5.41) is 8.94. The Morgan fingerprint density at radius 3 is 2.46 bits per heavy atom. The second-order valence-electron chi connectivity index (χ2n) is 6.63. The largest absolute Gasteiger partial charge is 0.360 e. The van der Waals surface area contributed by atoms with Crippen LogP contribution < -0.4 is 5.32 Å². The van der Waals surface area contributed by atoms with E-state index in [1.54, 1.807) is 0 Å². The smallest absolute Gasteiger partial charge is 0.147 e. The first kappa shape index (κ1) is 16.2. The minimum absolute atomic E-state index is 0.486. The van der Waals surface area contributed by atoms with Gasteiger partial charge in [-0.05, 0) is 56.8 Å². The number of aromatic nitrogens is 1. The van der Waals surface area contributed by atoms with Gasteiger partial charge in [0, 0.05) is 17.0 Å². The zero-order valence-electron chi connectivity index (χ0n) is 13.4. The number of nitrogens with one attached hydrogen (secondary N) is 1. The van der Waals surface area contributed by atoms with Crippen molar-refractivity contribution < 1.29 is 4.52 Å². The van der Waals surface area contributed by atoms with Crippen LogP contribution in [0, 0.1) is 5.92 Å². The van der Waals surface area contributed by atoms with Gasteiger partial charge in [0.15, 0.2) is 0 Å². The highest BCUT2D eigenvalue weighted by molar-refractivity contribution is 6.39. The van der Waals surface area contributed by atoms with Crippen LogP contribution in [-0.4, -0.2) is 18.2 Å². The van der Waals surface area contributed by atoms with Crippen molar-refractivity contribution in [2.24, 2.45) is 5.92 Å². The molecule has 2 fully saturated rings. The van der Waals surface area contributed by atoms with Gasteiger partial charge in [-0.2, -0.15) is 0 Å². The van der Waals surface area contributed by atoms with Gasteiger partial charge in [0.2, 0.25) is 0 Å². The third-order valence-corrected chi connectivity index (χ3v) is 5.45. The molecule has 2 aliphatic rings. The third-order valence-electron chi connectivity index (χ3n) is 4.82. The Kier molecular flexibility index (Phi) is 4.66. The van der Waals surface area contributed by atoms with E-state index in [0.717, 1.165) is 35.7 Å². The summed E-state index contributed by atoms with van der Waals surface area (Å²) in [6, 6.07) is 5.53. The van der Waals surface area contributed by atoms with Crippen LogP contribution in [0.5, 0.6) is 0 Å². The Labute approximate surface area is 152 Å². The summed E-state index contributed by atoms with van der Waals surface area (Å²) in [4.78, 5) is 0. The molecule has 1 aliphatic carbocycles. The van der Waals surface area contributed by atoms with Gasteiger partial charge in [-0.15, -0.1) is 0 Å². The minimum atomic E-state index is 0.486. The fourth-order valence-electron chi connectivity index (χ4n) is 3.28. The predicted octanol–water partition coefficient (Wildman–Crippen LogP) is 5.54. The number of hydrogen-bond acceptors (Lipinski definition) is 3. The Morgan fingerprint density at radius 2 is 1.79 bits per heavy atom. The van der Waals surface area contributed by atoms with Crippen molar-refractivity contribution in [1.29, 1.82) is 0 Å². The predicted molar refractivity (Wildman–Crippen MR) is 98.6 cm³/mol. The first-order chi connectivity index (χ1) is 11.7. The summed E-state index contributed by atoms with van der Waals surface area (Å²) in [5.74, 6) is 2.06. The highest BCUT2D eigenvalue weighted by atomic mass is 35.5. The molecule has 2 heterocycles. The van der Waals surface area contributed by atoms with Gasteiger partial charge in [-0.1, -0.05) is 46.6 Å². The van der Waals surface area contributed by atoms with E-state index in [1.807, 2.05) is 18.2 Å². The number of hydrogen-bond donors (Lipinski definition) is 1. The van der Waals surface area contributed by atoms with Gasteiger partial charge in [-0.25, -0.2) is 0 Å². The third kappa shape index (κ3) is 3.26. The average Bonchev–Trinajstić information content (AvgIpc) is 3.35. The lowest BCUT2D eigenvalue weighted by Crippen LogP contribution is -2.26. The monoisotopic (exact) mass is 362 g/mol. The standard InChI is InChI=1S/C19H20Cl2N2O/c20-15-2-1-3-16(21)17(15)18-14(19(24-23-18)13-5-6-13)7-4-12-8-10-22-11-9-12/h1-4,7,12-13,22H,5-6,8-11H2/b7-4-. The van der Waals surface area contributed by atoms with Gasteiger partial charge < -0.3 is 9.84 Å². The van der Waals surface area contributed by atoms with Gasteiger partial charge in [0.05, 0.1) is 10.0 Å². The van der Waals surface area contributed by atoms with Crippen molar-refractivity contribution in [3.8, 4) is 11.3 Å². The lowest BCUT2D eigenvalue weighted by molar-refractivity contribution is 0.386. The van der Waals surface area contributed by atoms with Crippen LogP contribution in [0.2, 0.25) is 10.0 Å². The van der Waals surface area contributed by atoms with Crippen molar-refractivity contribution in [2.45, 2.75) is 31.6 Å². The van der Waals surface area contributed by atoms with Gasteiger partial charge in [0.25, 0.3) is 0 Å². The Hall–Kier alpha value is -1.29. The lowest BCUT2D eigenvalue weighted by atomic mass is 9.95. The molecule has 0 spiro atoms. The highest BCUT2D eigenvalue weighted by Crippen LogP contribution is 2.46. The maximum absolute atomic E-state index is 6.39. The molecule has 0 radical (unpaired) electrons. The van der Waals surface area contributed by atoms with E-state index in [9.17, 15) is 0 Å². The summed E-state index contributed by atoms with van der Waals surface area (Å²) in [6.07, 6.45) is 9.15. The van der Waals surface area contributed by atoms with Crippen LogP contribution in [-0.2, 0) is 0 Å². The van der Waals surface area contributed by atoms with Crippen molar-refractivity contribution in [1.82, 2.24) is 10.5 Å². The van der Waals surface area contributed by atoms with Crippen LogP contribution in [0.25, 0.3) is 17.3 Å². The molecule has 5 heteroatoms. The molecule has 126 valence electrons. The zero-order valence-corrected chi connectivity index (χ0v) is 14.9. The molecule has 1 aromatic carbocycles. The van der Waals surface area contributed by atoms with Crippen LogP contribution in [0.3, 0.4) is 0 Å². The molecular weight excluding hydrogens is 343 g/mol. The molecular formula is C19H20Cl2N2O. The van der Waals surface area contributed by atoms with Crippen molar-refractivity contribution >= 4 is 29.3 Å². The summed E-state index contributed by atoms with van der Waals surface area (Å²) in [7, 11) is 0. The van der Waals surface area contributed by atoms with E-state index in [4.69, 9.17) is 27.7 Å². The fourth-order valence-corrected chi connectivity index (χ4v) is 3.86. The normalized spacial score (nSPS) is 19.2. The van der Waals surface area contributed by atoms with Gasteiger partial charge in [-0.3, -0.25) is 0 Å². The SMILES string of the molecule is Clc1cccc(Cl)c1-c1noc(C2CC2)c1/C=C\C1CCNCC1. The molecule has 1 saturated heterocycles. The Bertz CT molecular complexity index is 738. The maximum atomic E-state index is 6.39. The molecule has 0 bridgehead atoms. The zero-order chi connectivity index (χ0) is 16.5. The average molecular weight is 363 g/mol. The van der Waals surface area contributed by atoms with E-state index in [-0.39, 0.29) is 0 Å². The topological polar surface area (TPSA) is 38.1 Å². The highest BCUT2D eigenvalue weighted by Gasteiger charge is 2.32. The lowest BCUT2D eigenvalue weighted by Gasteiger charge is -2.19. The summed E-state index contributed by atoms with van der Waals surface area (Å²) < 4.78 is 5.69. The number of rotatable bonds is 4. The molecule has 24 heavy (non-hydrogen) atoms. The Morgan fingerprint density at radius 1 is 1.08 bits per heavy atom. The minimum Gasteiger partial charge on any atom is -0.360 e. The molecule has 2 aromatic rings. The number of allylic oxidation sites excluding steroid dienone is 1. The first-order valence-corrected chi connectivity index (χ1v) is 9.32. The van der Waals surface area contributed by atoms with E-state index < -0.39 is 0 Å². The van der Waals surface area contributed by atoms with Crippen molar-refractivity contribution in [3.05, 3.63) is 45.6 Å². The maximum Gasteiger partial charge on any atom is 0.147 e. The van der Waals surface area contributed by atoms with Gasteiger partial charge in [0.1, 0.15) is 11.5 Å². The summed E-state index contributed by atoms with van der Waals surface area (Å²) >= 11 is 12.8. The molecule has 0 atom stereocenters.